The molecule has 0 aliphatic rings. The van der Waals surface area contributed by atoms with E-state index in [4.69, 9.17) is 5.73 Å². The summed E-state index contributed by atoms with van der Waals surface area (Å²) in [4.78, 5) is 15.9. The van der Waals surface area contributed by atoms with E-state index in [1.165, 1.54) is 0 Å². The molecule has 0 radical (unpaired) electrons. The summed E-state index contributed by atoms with van der Waals surface area (Å²) < 4.78 is 0. The van der Waals surface area contributed by atoms with E-state index < -0.39 is 0 Å². The fourth-order valence-corrected chi connectivity index (χ4v) is 3.00. The van der Waals surface area contributed by atoms with Crippen LogP contribution in [0.5, 0.6) is 0 Å². The number of H-pyrrole nitrogens is 1. The zero-order chi connectivity index (χ0) is 13.9. The number of benzene rings is 2. The van der Waals surface area contributed by atoms with Crippen LogP contribution in [0.4, 0.5) is 5.69 Å². The predicted octanol–water partition coefficient (Wildman–Crippen LogP) is 3.40. The molecule has 0 saturated carbocycles. The second-order valence-corrected chi connectivity index (χ2v) is 5.55. The molecule has 0 aliphatic heterocycles. The van der Waals surface area contributed by atoms with Crippen molar-refractivity contribution in [3.05, 3.63) is 70.5 Å². The molecule has 3 aromatic rings. The van der Waals surface area contributed by atoms with Gasteiger partial charge in [0, 0.05) is 27.4 Å². The van der Waals surface area contributed by atoms with Crippen molar-refractivity contribution >= 4 is 28.4 Å². The van der Waals surface area contributed by atoms with Gasteiger partial charge in [-0.2, -0.15) is 0 Å². The minimum atomic E-state index is -0.0364. The van der Waals surface area contributed by atoms with E-state index in [2.05, 4.69) is 4.98 Å². The highest BCUT2D eigenvalue weighted by Crippen LogP contribution is 2.27. The highest BCUT2D eigenvalue weighted by molar-refractivity contribution is 7.98. The molecule has 0 saturated heterocycles. The van der Waals surface area contributed by atoms with E-state index in [0.29, 0.717) is 5.75 Å². The van der Waals surface area contributed by atoms with Crippen molar-refractivity contribution < 1.29 is 0 Å². The number of aromatic amines is 1. The topological polar surface area (TPSA) is 58.9 Å². The van der Waals surface area contributed by atoms with Gasteiger partial charge in [0.25, 0.3) is 5.56 Å². The molecule has 0 aliphatic carbocycles. The van der Waals surface area contributed by atoms with Crippen LogP contribution in [0.25, 0.3) is 10.9 Å². The van der Waals surface area contributed by atoms with Crippen LogP contribution in [0.15, 0.2) is 64.3 Å². The SMILES string of the molecule is Nc1ccccc1SCc1cc2ccccc2[nH]c1=O. The van der Waals surface area contributed by atoms with E-state index in [1.807, 2.05) is 54.6 Å². The molecule has 2 aromatic carbocycles. The minimum Gasteiger partial charge on any atom is -0.398 e. The summed E-state index contributed by atoms with van der Waals surface area (Å²) in [6.07, 6.45) is 0. The van der Waals surface area contributed by atoms with Gasteiger partial charge in [-0.3, -0.25) is 4.79 Å². The van der Waals surface area contributed by atoms with Gasteiger partial charge in [-0.25, -0.2) is 0 Å². The summed E-state index contributed by atoms with van der Waals surface area (Å²) in [5.74, 6) is 0.606. The zero-order valence-electron chi connectivity index (χ0n) is 10.8. The second kappa shape index (κ2) is 5.43. The van der Waals surface area contributed by atoms with E-state index in [-0.39, 0.29) is 5.56 Å². The first kappa shape index (κ1) is 12.8. The number of hydrogen-bond donors (Lipinski definition) is 2. The van der Waals surface area contributed by atoms with Crippen LogP contribution in [-0.2, 0) is 5.75 Å². The maximum absolute atomic E-state index is 12.0. The molecule has 4 heteroatoms. The number of hydrogen-bond acceptors (Lipinski definition) is 3. The third kappa shape index (κ3) is 2.56. The monoisotopic (exact) mass is 282 g/mol. The Bertz CT molecular complexity index is 811. The highest BCUT2D eigenvalue weighted by atomic mass is 32.2. The van der Waals surface area contributed by atoms with Crippen LogP contribution < -0.4 is 11.3 Å². The molecule has 1 aromatic heterocycles. The number of nitrogens with two attached hydrogens (primary N) is 1. The molecular weight excluding hydrogens is 268 g/mol. The molecule has 1 heterocycles. The average molecular weight is 282 g/mol. The van der Waals surface area contributed by atoms with E-state index in [0.717, 1.165) is 27.0 Å². The van der Waals surface area contributed by atoms with Crippen LogP contribution in [0.2, 0.25) is 0 Å². The molecule has 0 spiro atoms. The largest absolute Gasteiger partial charge is 0.398 e. The first-order valence-corrected chi connectivity index (χ1v) is 7.31. The van der Waals surface area contributed by atoms with Gasteiger partial charge in [-0.05, 0) is 29.7 Å². The standard InChI is InChI=1S/C16H14N2OS/c17-13-6-2-4-8-15(13)20-10-12-9-11-5-1-3-7-14(11)18-16(12)19/h1-9H,10,17H2,(H,18,19). The minimum absolute atomic E-state index is 0.0364. The third-order valence-electron chi connectivity index (χ3n) is 3.13. The highest BCUT2D eigenvalue weighted by Gasteiger charge is 2.05. The van der Waals surface area contributed by atoms with Gasteiger partial charge in [0.2, 0.25) is 0 Å². The molecule has 3 N–H and O–H groups in total. The van der Waals surface area contributed by atoms with Crippen molar-refractivity contribution in [3.63, 3.8) is 0 Å². The van der Waals surface area contributed by atoms with Gasteiger partial charge in [-0.15, -0.1) is 11.8 Å². The summed E-state index contributed by atoms with van der Waals surface area (Å²) >= 11 is 1.58. The molecule has 0 bridgehead atoms. The summed E-state index contributed by atoms with van der Waals surface area (Å²) in [6, 6.07) is 17.4. The van der Waals surface area contributed by atoms with Gasteiger partial charge in [-0.1, -0.05) is 30.3 Å². The lowest BCUT2D eigenvalue weighted by Crippen LogP contribution is -2.11. The molecule has 0 unspecified atom stereocenters. The molecule has 0 amide bonds. The summed E-state index contributed by atoms with van der Waals surface area (Å²) in [7, 11) is 0. The first-order chi connectivity index (χ1) is 9.74. The Kier molecular flexibility index (Phi) is 3.48. The Balaban J connectivity index is 1.89. The van der Waals surface area contributed by atoms with Gasteiger partial charge < -0.3 is 10.7 Å². The van der Waals surface area contributed by atoms with Gasteiger partial charge in [0.1, 0.15) is 0 Å². The van der Waals surface area contributed by atoms with Crippen LogP contribution in [0, 0.1) is 0 Å². The molecule has 100 valence electrons. The van der Waals surface area contributed by atoms with Crippen molar-refractivity contribution in [3.8, 4) is 0 Å². The number of nitrogen functional groups attached to an aromatic ring is 1. The number of fused-ring (bicyclic) bond motifs is 1. The molecular formula is C16H14N2OS. The second-order valence-electron chi connectivity index (χ2n) is 4.54. The number of anilines is 1. The van der Waals surface area contributed by atoms with Crippen LogP contribution >= 0.6 is 11.8 Å². The van der Waals surface area contributed by atoms with E-state index in [9.17, 15) is 4.79 Å². The Labute approximate surface area is 120 Å². The quantitative estimate of drug-likeness (QED) is 0.572. The Morgan fingerprint density at radius 2 is 1.80 bits per heavy atom. The number of para-hydroxylation sites is 2. The van der Waals surface area contributed by atoms with E-state index in [1.54, 1.807) is 11.8 Å². The van der Waals surface area contributed by atoms with Crippen molar-refractivity contribution in [1.29, 1.82) is 0 Å². The molecule has 20 heavy (non-hydrogen) atoms. The van der Waals surface area contributed by atoms with Crippen molar-refractivity contribution in [2.45, 2.75) is 10.6 Å². The zero-order valence-corrected chi connectivity index (χ0v) is 11.6. The maximum atomic E-state index is 12.0. The number of thioether (sulfide) groups is 1. The van der Waals surface area contributed by atoms with Crippen molar-refractivity contribution in [2.75, 3.05) is 5.73 Å². The fourth-order valence-electron chi connectivity index (χ4n) is 2.07. The lowest BCUT2D eigenvalue weighted by Gasteiger charge is -2.05. The predicted molar refractivity (Wildman–Crippen MR) is 85.0 cm³/mol. The summed E-state index contributed by atoms with van der Waals surface area (Å²) in [6.45, 7) is 0. The van der Waals surface area contributed by atoms with Crippen LogP contribution in [-0.4, -0.2) is 4.98 Å². The number of pyridine rings is 1. The Morgan fingerprint density at radius 1 is 1.05 bits per heavy atom. The van der Waals surface area contributed by atoms with Crippen LogP contribution in [0.1, 0.15) is 5.56 Å². The maximum Gasteiger partial charge on any atom is 0.252 e. The number of rotatable bonds is 3. The fraction of sp³-hybridized carbons (Fsp3) is 0.0625. The molecule has 0 fully saturated rings. The van der Waals surface area contributed by atoms with E-state index >= 15 is 0 Å². The Morgan fingerprint density at radius 3 is 2.65 bits per heavy atom. The van der Waals surface area contributed by atoms with Crippen molar-refractivity contribution in [1.82, 2.24) is 4.98 Å². The molecule has 0 atom stereocenters. The lowest BCUT2D eigenvalue weighted by molar-refractivity contribution is 1.21. The molecule has 3 rings (SSSR count). The summed E-state index contributed by atoms with van der Waals surface area (Å²) in [5.41, 5.74) is 8.24. The first-order valence-electron chi connectivity index (χ1n) is 6.32. The summed E-state index contributed by atoms with van der Waals surface area (Å²) in [5, 5.41) is 1.05. The average Bonchev–Trinajstić information content (AvgIpc) is 2.46. The lowest BCUT2D eigenvalue weighted by atomic mass is 10.2. The normalized spacial score (nSPS) is 10.8. The van der Waals surface area contributed by atoms with Crippen LogP contribution in [0.3, 0.4) is 0 Å². The smallest absolute Gasteiger partial charge is 0.252 e. The number of aromatic nitrogens is 1. The van der Waals surface area contributed by atoms with Crippen molar-refractivity contribution in [2.24, 2.45) is 0 Å². The number of nitrogens with one attached hydrogen (secondary N) is 1. The van der Waals surface area contributed by atoms with Gasteiger partial charge in [0.05, 0.1) is 0 Å². The third-order valence-corrected chi connectivity index (χ3v) is 4.27. The molecule has 3 nitrogen and oxygen atoms in total. The Hall–Kier alpha value is -2.20. The van der Waals surface area contributed by atoms with Gasteiger partial charge in [0.15, 0.2) is 0 Å². The van der Waals surface area contributed by atoms with Gasteiger partial charge >= 0.3 is 0 Å².